The van der Waals surface area contributed by atoms with Gasteiger partial charge in [-0.2, -0.15) is 13.2 Å². The highest BCUT2D eigenvalue weighted by molar-refractivity contribution is 7.21. The van der Waals surface area contributed by atoms with Crippen LogP contribution < -0.4 is 11.2 Å². The van der Waals surface area contributed by atoms with Crippen LogP contribution in [0.2, 0.25) is 0 Å². The topological polar surface area (TPSA) is 71.2 Å². The molecule has 3 aromatic rings. The molecule has 0 saturated carbocycles. The number of anilines is 1. The predicted molar refractivity (Wildman–Crippen MR) is 105 cm³/mol. The summed E-state index contributed by atoms with van der Waals surface area (Å²) >= 11 is 0.859. The quantitative estimate of drug-likeness (QED) is 0.608. The van der Waals surface area contributed by atoms with Crippen LogP contribution in [0.5, 0.6) is 0 Å². The van der Waals surface area contributed by atoms with E-state index >= 15 is 0 Å². The summed E-state index contributed by atoms with van der Waals surface area (Å²) in [6, 6.07) is 9.55. The standard InChI is InChI=1S/C19H19F3N4OS/c1-3-26(4-2)25-17(27)16-15(23)14-12(19(20,21)22)10-13(24-18(14)28-16)11-8-6-5-7-9-11/h5-10H,3-4,23H2,1-2H3,(H,25,27). The number of thiophene rings is 1. The zero-order valence-electron chi connectivity index (χ0n) is 15.3. The van der Waals surface area contributed by atoms with Crippen molar-refractivity contribution in [3.63, 3.8) is 0 Å². The molecular weight excluding hydrogens is 389 g/mol. The minimum atomic E-state index is -4.63. The highest BCUT2D eigenvalue weighted by Gasteiger charge is 2.36. The van der Waals surface area contributed by atoms with Crippen molar-refractivity contribution in [2.45, 2.75) is 20.0 Å². The molecule has 0 aliphatic carbocycles. The number of halogens is 3. The van der Waals surface area contributed by atoms with Crippen molar-refractivity contribution < 1.29 is 18.0 Å². The number of benzene rings is 1. The number of rotatable bonds is 5. The van der Waals surface area contributed by atoms with Gasteiger partial charge in [-0.1, -0.05) is 44.2 Å². The van der Waals surface area contributed by atoms with Gasteiger partial charge in [0.2, 0.25) is 0 Å². The fourth-order valence-corrected chi connectivity index (χ4v) is 3.86. The Morgan fingerprint density at radius 2 is 1.86 bits per heavy atom. The van der Waals surface area contributed by atoms with E-state index in [1.54, 1.807) is 35.3 Å². The fourth-order valence-electron chi connectivity index (χ4n) is 2.85. The molecule has 2 heterocycles. The highest BCUT2D eigenvalue weighted by atomic mass is 32.1. The molecule has 0 aliphatic heterocycles. The van der Waals surface area contributed by atoms with Crippen LogP contribution >= 0.6 is 11.3 Å². The van der Waals surface area contributed by atoms with Crippen molar-refractivity contribution in [1.29, 1.82) is 0 Å². The molecule has 0 radical (unpaired) electrons. The van der Waals surface area contributed by atoms with Gasteiger partial charge in [-0.05, 0) is 6.07 Å². The predicted octanol–water partition coefficient (Wildman–Crippen LogP) is 4.55. The molecule has 28 heavy (non-hydrogen) atoms. The molecule has 3 rings (SSSR count). The molecule has 0 atom stereocenters. The van der Waals surface area contributed by atoms with E-state index in [-0.39, 0.29) is 26.5 Å². The molecule has 2 aromatic heterocycles. The number of pyridine rings is 1. The van der Waals surface area contributed by atoms with E-state index in [1.165, 1.54) is 0 Å². The first-order valence-electron chi connectivity index (χ1n) is 8.67. The lowest BCUT2D eigenvalue weighted by molar-refractivity contribution is -0.136. The van der Waals surface area contributed by atoms with Gasteiger partial charge in [-0.15, -0.1) is 11.3 Å². The van der Waals surface area contributed by atoms with Crippen molar-refractivity contribution in [2.24, 2.45) is 0 Å². The molecule has 0 saturated heterocycles. The molecule has 3 N–H and O–H groups in total. The maximum Gasteiger partial charge on any atom is 0.417 e. The molecule has 0 unspecified atom stereocenters. The van der Waals surface area contributed by atoms with Crippen LogP contribution in [0.3, 0.4) is 0 Å². The fraction of sp³-hybridized carbons (Fsp3) is 0.263. The second-order valence-corrected chi connectivity index (χ2v) is 7.06. The minimum Gasteiger partial charge on any atom is -0.397 e. The van der Waals surface area contributed by atoms with Gasteiger partial charge in [0, 0.05) is 24.0 Å². The van der Waals surface area contributed by atoms with E-state index in [4.69, 9.17) is 5.73 Å². The summed E-state index contributed by atoms with van der Waals surface area (Å²) in [5, 5.41) is 1.40. The van der Waals surface area contributed by atoms with Crippen LogP contribution in [-0.4, -0.2) is 29.0 Å². The zero-order valence-corrected chi connectivity index (χ0v) is 16.1. The maximum atomic E-state index is 13.7. The Kier molecular flexibility index (Phi) is 5.57. The van der Waals surface area contributed by atoms with Crippen LogP contribution in [0.4, 0.5) is 18.9 Å². The first-order valence-corrected chi connectivity index (χ1v) is 9.49. The van der Waals surface area contributed by atoms with E-state index in [0.29, 0.717) is 18.7 Å². The molecule has 0 aliphatic rings. The number of hydrogen-bond acceptors (Lipinski definition) is 5. The normalized spacial score (nSPS) is 11.9. The average Bonchev–Trinajstić information content (AvgIpc) is 3.02. The van der Waals surface area contributed by atoms with E-state index in [2.05, 4.69) is 10.4 Å². The molecule has 1 amide bonds. The third kappa shape index (κ3) is 3.81. The van der Waals surface area contributed by atoms with Gasteiger partial charge in [-0.3, -0.25) is 10.2 Å². The van der Waals surface area contributed by atoms with E-state index < -0.39 is 17.6 Å². The monoisotopic (exact) mass is 408 g/mol. The van der Waals surface area contributed by atoms with Crippen LogP contribution in [-0.2, 0) is 6.18 Å². The molecule has 1 aromatic carbocycles. The second kappa shape index (κ2) is 7.76. The van der Waals surface area contributed by atoms with Gasteiger partial charge >= 0.3 is 6.18 Å². The lowest BCUT2D eigenvalue weighted by Crippen LogP contribution is -2.41. The van der Waals surface area contributed by atoms with Crippen LogP contribution in [0.1, 0.15) is 29.1 Å². The number of hydrogen-bond donors (Lipinski definition) is 2. The summed E-state index contributed by atoms with van der Waals surface area (Å²) in [6.45, 7) is 4.81. The molecule has 148 valence electrons. The number of carbonyl (C=O) groups is 1. The van der Waals surface area contributed by atoms with Crippen molar-refractivity contribution in [3.05, 3.63) is 46.8 Å². The number of nitrogens with one attached hydrogen (secondary N) is 1. The Morgan fingerprint density at radius 3 is 2.43 bits per heavy atom. The SMILES string of the molecule is CCN(CC)NC(=O)c1sc2nc(-c3ccccc3)cc(C(F)(F)F)c2c1N. The summed E-state index contributed by atoms with van der Waals surface area (Å²) in [6.07, 6.45) is -4.63. The summed E-state index contributed by atoms with van der Waals surface area (Å²) in [5.41, 5.74) is 8.26. The number of nitrogen functional groups attached to an aromatic ring is 1. The lowest BCUT2D eigenvalue weighted by Gasteiger charge is -2.18. The number of aromatic nitrogens is 1. The summed E-state index contributed by atoms with van der Waals surface area (Å²) in [5.74, 6) is -0.543. The van der Waals surface area contributed by atoms with Gasteiger partial charge in [0.15, 0.2) is 0 Å². The first-order chi connectivity index (χ1) is 13.3. The highest BCUT2D eigenvalue weighted by Crippen LogP contribution is 2.43. The Labute approximate surface area is 163 Å². The third-order valence-electron chi connectivity index (χ3n) is 4.30. The zero-order chi connectivity index (χ0) is 20.5. The second-order valence-electron chi connectivity index (χ2n) is 6.06. The number of hydrazine groups is 1. The largest absolute Gasteiger partial charge is 0.417 e. The number of fused-ring (bicyclic) bond motifs is 1. The number of carbonyl (C=O) groups excluding carboxylic acids is 1. The molecule has 9 heteroatoms. The van der Waals surface area contributed by atoms with Gasteiger partial charge < -0.3 is 5.73 Å². The Balaban J connectivity index is 2.18. The van der Waals surface area contributed by atoms with E-state index in [1.807, 2.05) is 13.8 Å². The Morgan fingerprint density at radius 1 is 1.21 bits per heavy atom. The first kappa shape index (κ1) is 20.1. The van der Waals surface area contributed by atoms with E-state index in [9.17, 15) is 18.0 Å². The Bertz CT molecular complexity index is 998. The molecular formula is C19H19F3N4OS. The van der Waals surface area contributed by atoms with Crippen molar-refractivity contribution in [3.8, 4) is 11.3 Å². The van der Waals surface area contributed by atoms with Crippen LogP contribution in [0.25, 0.3) is 21.5 Å². The minimum absolute atomic E-state index is 0.0186. The lowest BCUT2D eigenvalue weighted by atomic mass is 10.1. The number of nitrogens with two attached hydrogens (primary N) is 1. The van der Waals surface area contributed by atoms with Gasteiger partial charge in [0.1, 0.15) is 9.71 Å². The molecule has 5 nitrogen and oxygen atoms in total. The molecule has 0 fully saturated rings. The van der Waals surface area contributed by atoms with Crippen LogP contribution in [0, 0.1) is 0 Å². The van der Waals surface area contributed by atoms with Gasteiger partial charge in [0.25, 0.3) is 5.91 Å². The number of nitrogens with zero attached hydrogens (tertiary/aromatic N) is 2. The summed E-state index contributed by atoms with van der Waals surface area (Å²) in [4.78, 5) is 17.0. The average molecular weight is 408 g/mol. The number of alkyl halides is 3. The van der Waals surface area contributed by atoms with Crippen molar-refractivity contribution in [2.75, 3.05) is 18.8 Å². The van der Waals surface area contributed by atoms with Gasteiger partial charge in [0.05, 0.1) is 16.9 Å². The number of amides is 1. The summed E-state index contributed by atoms with van der Waals surface area (Å²) < 4.78 is 41.2. The van der Waals surface area contributed by atoms with Gasteiger partial charge in [-0.25, -0.2) is 9.99 Å². The molecule has 0 spiro atoms. The smallest absolute Gasteiger partial charge is 0.397 e. The van der Waals surface area contributed by atoms with Crippen molar-refractivity contribution >= 4 is 33.1 Å². The van der Waals surface area contributed by atoms with E-state index in [0.717, 1.165) is 17.4 Å². The third-order valence-corrected chi connectivity index (χ3v) is 5.40. The van der Waals surface area contributed by atoms with Crippen molar-refractivity contribution in [1.82, 2.24) is 15.4 Å². The Hall–Kier alpha value is -2.65. The summed E-state index contributed by atoms with van der Waals surface area (Å²) in [7, 11) is 0. The maximum absolute atomic E-state index is 13.7. The molecule has 0 bridgehead atoms. The van der Waals surface area contributed by atoms with Crippen LogP contribution in [0.15, 0.2) is 36.4 Å².